The number of rotatable bonds is 5. The summed E-state index contributed by atoms with van der Waals surface area (Å²) >= 11 is 0. The monoisotopic (exact) mass is 230 g/mol. The molecule has 0 aliphatic carbocycles. The Morgan fingerprint density at radius 3 is 2.06 bits per heavy atom. The van der Waals surface area contributed by atoms with Gasteiger partial charge < -0.3 is 15.3 Å². The quantitative estimate of drug-likeness (QED) is 0.705. The van der Waals surface area contributed by atoms with Crippen molar-refractivity contribution in [3.63, 3.8) is 0 Å². The minimum Gasteiger partial charge on any atom is -0.392 e. The fourth-order valence-corrected chi connectivity index (χ4v) is 1.46. The van der Waals surface area contributed by atoms with Crippen LogP contribution in [-0.4, -0.2) is 46.6 Å². The van der Waals surface area contributed by atoms with E-state index >= 15 is 0 Å². The molecule has 16 heavy (non-hydrogen) atoms. The highest BCUT2D eigenvalue weighted by molar-refractivity contribution is 5.86. The molecular weight excluding hydrogens is 208 g/mol. The molecule has 2 unspecified atom stereocenters. The molecule has 0 aliphatic heterocycles. The molecule has 0 aromatic heterocycles. The van der Waals surface area contributed by atoms with Crippen LogP contribution in [0.4, 0.5) is 0 Å². The summed E-state index contributed by atoms with van der Waals surface area (Å²) in [4.78, 5) is 24.4. The second-order valence-corrected chi connectivity index (χ2v) is 4.36. The summed E-state index contributed by atoms with van der Waals surface area (Å²) in [6.07, 6.45) is -0.573. The molecule has 0 bridgehead atoms. The number of nitrogens with zero attached hydrogens (tertiary/aromatic N) is 1. The minimum atomic E-state index is -0.573. The van der Waals surface area contributed by atoms with Gasteiger partial charge in [-0.15, -0.1) is 0 Å². The Morgan fingerprint density at radius 1 is 1.25 bits per heavy atom. The molecule has 0 saturated carbocycles. The second-order valence-electron chi connectivity index (χ2n) is 4.36. The van der Waals surface area contributed by atoms with Crippen LogP contribution in [-0.2, 0) is 9.59 Å². The summed E-state index contributed by atoms with van der Waals surface area (Å²) in [7, 11) is 0. The normalized spacial score (nSPS) is 14.4. The first kappa shape index (κ1) is 14.9. The lowest BCUT2D eigenvalue weighted by Crippen LogP contribution is -2.50. The lowest BCUT2D eigenvalue weighted by atomic mass is 10.2. The van der Waals surface area contributed by atoms with E-state index in [0.29, 0.717) is 0 Å². The van der Waals surface area contributed by atoms with Crippen LogP contribution in [0.2, 0.25) is 0 Å². The molecule has 5 heteroatoms. The average Bonchev–Trinajstić information content (AvgIpc) is 2.11. The summed E-state index contributed by atoms with van der Waals surface area (Å²) in [6.45, 7) is 8.67. The first-order valence-corrected chi connectivity index (χ1v) is 5.51. The van der Waals surface area contributed by atoms with Crippen molar-refractivity contribution in [3.05, 3.63) is 0 Å². The minimum absolute atomic E-state index is 0.00157. The summed E-state index contributed by atoms with van der Waals surface area (Å²) in [6, 6.07) is -0.558. The SMILES string of the molecule is CC(=O)NC(C)C(=O)N(CC(C)O)C(C)C. The molecule has 0 aromatic rings. The van der Waals surface area contributed by atoms with Gasteiger partial charge in [0.2, 0.25) is 11.8 Å². The molecule has 0 radical (unpaired) electrons. The van der Waals surface area contributed by atoms with Gasteiger partial charge in [0.1, 0.15) is 6.04 Å². The number of aliphatic hydroxyl groups excluding tert-OH is 1. The van der Waals surface area contributed by atoms with Crippen LogP contribution in [0.3, 0.4) is 0 Å². The third kappa shape index (κ3) is 5.11. The van der Waals surface area contributed by atoms with Crippen LogP contribution in [0.5, 0.6) is 0 Å². The standard InChI is InChI=1S/C11H22N2O3/c1-7(2)13(6-8(3)14)11(16)9(4)12-10(5)15/h7-9,14H,6H2,1-5H3,(H,12,15). The maximum Gasteiger partial charge on any atom is 0.245 e. The topological polar surface area (TPSA) is 69.6 Å². The van der Waals surface area contributed by atoms with Gasteiger partial charge in [-0.05, 0) is 27.7 Å². The van der Waals surface area contributed by atoms with E-state index in [2.05, 4.69) is 5.32 Å². The van der Waals surface area contributed by atoms with Gasteiger partial charge >= 0.3 is 0 Å². The zero-order valence-electron chi connectivity index (χ0n) is 10.7. The number of nitrogens with one attached hydrogen (secondary N) is 1. The van der Waals surface area contributed by atoms with Crippen LogP contribution in [0.15, 0.2) is 0 Å². The fraction of sp³-hybridized carbons (Fsp3) is 0.818. The summed E-state index contributed by atoms with van der Waals surface area (Å²) < 4.78 is 0. The summed E-state index contributed by atoms with van der Waals surface area (Å²) in [5.74, 6) is -0.410. The highest BCUT2D eigenvalue weighted by Crippen LogP contribution is 2.04. The molecule has 2 atom stereocenters. The van der Waals surface area contributed by atoms with Crippen LogP contribution >= 0.6 is 0 Å². The van der Waals surface area contributed by atoms with Gasteiger partial charge in [-0.25, -0.2) is 0 Å². The number of hydrogen-bond donors (Lipinski definition) is 2. The van der Waals surface area contributed by atoms with Gasteiger partial charge in [-0.3, -0.25) is 9.59 Å². The Kier molecular flexibility index (Phi) is 6.03. The molecule has 2 N–H and O–H groups in total. The highest BCUT2D eigenvalue weighted by Gasteiger charge is 2.24. The number of hydrogen-bond acceptors (Lipinski definition) is 3. The summed E-state index contributed by atoms with van der Waals surface area (Å²) in [5, 5.41) is 11.8. The van der Waals surface area contributed by atoms with Crippen molar-refractivity contribution >= 4 is 11.8 Å². The molecule has 0 aliphatic rings. The maximum absolute atomic E-state index is 12.0. The Balaban J connectivity index is 4.54. The van der Waals surface area contributed by atoms with Gasteiger partial charge in [0.05, 0.1) is 6.10 Å². The van der Waals surface area contributed by atoms with Gasteiger partial charge in [0.25, 0.3) is 0 Å². The van der Waals surface area contributed by atoms with Crippen molar-refractivity contribution in [3.8, 4) is 0 Å². The Labute approximate surface area is 96.8 Å². The van der Waals surface area contributed by atoms with E-state index in [-0.39, 0.29) is 24.4 Å². The maximum atomic E-state index is 12.0. The van der Waals surface area contributed by atoms with E-state index in [1.807, 2.05) is 13.8 Å². The van der Waals surface area contributed by atoms with E-state index in [0.717, 1.165) is 0 Å². The average molecular weight is 230 g/mol. The Morgan fingerprint density at radius 2 is 1.75 bits per heavy atom. The zero-order chi connectivity index (χ0) is 12.9. The summed E-state index contributed by atoms with van der Waals surface area (Å²) in [5.41, 5.74) is 0. The van der Waals surface area contributed by atoms with E-state index in [1.54, 1.807) is 18.7 Å². The zero-order valence-corrected chi connectivity index (χ0v) is 10.7. The molecule has 0 rings (SSSR count). The first-order chi connectivity index (χ1) is 7.25. The Hall–Kier alpha value is -1.10. The van der Waals surface area contributed by atoms with Crippen molar-refractivity contribution in [2.24, 2.45) is 0 Å². The molecule has 2 amide bonds. The van der Waals surface area contributed by atoms with Crippen molar-refractivity contribution in [2.75, 3.05) is 6.54 Å². The Bertz CT molecular complexity index is 252. The van der Waals surface area contributed by atoms with Gasteiger partial charge in [0.15, 0.2) is 0 Å². The highest BCUT2D eigenvalue weighted by atomic mass is 16.3. The second kappa shape index (κ2) is 6.48. The lowest BCUT2D eigenvalue weighted by Gasteiger charge is -2.30. The predicted octanol–water partition coefficient (Wildman–Crippen LogP) is 0.129. The van der Waals surface area contributed by atoms with E-state index in [4.69, 9.17) is 0 Å². The molecule has 5 nitrogen and oxygen atoms in total. The van der Waals surface area contributed by atoms with E-state index in [1.165, 1.54) is 6.92 Å². The van der Waals surface area contributed by atoms with E-state index in [9.17, 15) is 14.7 Å². The number of aliphatic hydroxyl groups is 1. The van der Waals surface area contributed by atoms with Crippen molar-refractivity contribution in [1.82, 2.24) is 10.2 Å². The van der Waals surface area contributed by atoms with Gasteiger partial charge in [0, 0.05) is 19.5 Å². The van der Waals surface area contributed by atoms with Crippen molar-refractivity contribution in [2.45, 2.75) is 52.8 Å². The number of carbonyl (C=O) groups excluding carboxylic acids is 2. The predicted molar refractivity (Wildman–Crippen MR) is 61.8 cm³/mol. The smallest absolute Gasteiger partial charge is 0.245 e. The number of carbonyl (C=O) groups is 2. The third-order valence-electron chi connectivity index (χ3n) is 2.16. The molecule has 0 heterocycles. The van der Waals surface area contributed by atoms with Crippen LogP contribution in [0.1, 0.15) is 34.6 Å². The molecule has 94 valence electrons. The van der Waals surface area contributed by atoms with Crippen molar-refractivity contribution < 1.29 is 14.7 Å². The van der Waals surface area contributed by atoms with E-state index < -0.39 is 12.1 Å². The number of amides is 2. The molecular formula is C11H22N2O3. The van der Waals surface area contributed by atoms with Gasteiger partial charge in [-0.2, -0.15) is 0 Å². The lowest BCUT2D eigenvalue weighted by molar-refractivity contribution is -0.138. The molecule has 0 aromatic carbocycles. The van der Waals surface area contributed by atoms with Crippen LogP contribution < -0.4 is 5.32 Å². The molecule has 0 fully saturated rings. The largest absolute Gasteiger partial charge is 0.392 e. The van der Waals surface area contributed by atoms with Crippen molar-refractivity contribution in [1.29, 1.82) is 0 Å². The van der Waals surface area contributed by atoms with Crippen LogP contribution in [0, 0.1) is 0 Å². The fourth-order valence-electron chi connectivity index (χ4n) is 1.46. The van der Waals surface area contributed by atoms with Crippen LogP contribution in [0.25, 0.3) is 0 Å². The molecule has 0 spiro atoms. The third-order valence-corrected chi connectivity index (χ3v) is 2.16. The molecule has 0 saturated heterocycles. The van der Waals surface area contributed by atoms with Gasteiger partial charge in [-0.1, -0.05) is 0 Å². The first-order valence-electron chi connectivity index (χ1n) is 5.51.